The molecule has 2 aromatic carbocycles. The molecule has 6 nitrogen and oxygen atoms in total. The average Bonchev–Trinajstić information content (AvgIpc) is 2.61. The molecule has 0 aromatic heterocycles. The highest BCUT2D eigenvalue weighted by Gasteiger charge is 2.05. The van der Waals surface area contributed by atoms with Crippen molar-refractivity contribution in [2.24, 2.45) is 10.7 Å². The van der Waals surface area contributed by atoms with Crippen molar-refractivity contribution in [3.8, 4) is 5.75 Å². The van der Waals surface area contributed by atoms with Gasteiger partial charge in [-0.15, -0.1) is 0 Å². The molecule has 0 saturated carbocycles. The molecule has 2 rings (SSSR count). The van der Waals surface area contributed by atoms with E-state index >= 15 is 0 Å². The van der Waals surface area contributed by atoms with Crippen LogP contribution in [0, 0.1) is 0 Å². The first-order valence-electron chi connectivity index (χ1n) is 7.99. The van der Waals surface area contributed by atoms with Crippen molar-refractivity contribution in [2.45, 2.75) is 26.5 Å². The van der Waals surface area contributed by atoms with Gasteiger partial charge in [-0.05, 0) is 55.8 Å². The first-order chi connectivity index (χ1) is 12.0. The van der Waals surface area contributed by atoms with Crippen molar-refractivity contribution in [1.29, 1.82) is 0 Å². The standard InChI is InChI=1S/C19H23N3O3/c1-13(2)25-17-9-7-16(8-10-17)22-19(20)21-12-14-5-4-6-15(11-14)18(23)24-3/h4-11,13H,12H2,1-3H3,(H3,20,21,22). The zero-order chi connectivity index (χ0) is 18.2. The number of aliphatic imine (C=N–C) groups is 1. The SMILES string of the molecule is COC(=O)c1cccc(CN=C(N)Nc2ccc(OC(C)C)cc2)c1. The van der Waals surface area contributed by atoms with Crippen LogP contribution in [0.2, 0.25) is 0 Å². The van der Waals surface area contributed by atoms with E-state index in [-0.39, 0.29) is 12.1 Å². The Morgan fingerprint density at radius 1 is 1.20 bits per heavy atom. The molecule has 2 aromatic rings. The monoisotopic (exact) mass is 341 g/mol. The summed E-state index contributed by atoms with van der Waals surface area (Å²) in [7, 11) is 1.35. The summed E-state index contributed by atoms with van der Waals surface area (Å²) in [5.74, 6) is 0.720. The third kappa shape index (κ3) is 5.84. The van der Waals surface area contributed by atoms with Crippen LogP contribution in [0.4, 0.5) is 5.69 Å². The van der Waals surface area contributed by atoms with Gasteiger partial charge in [0.05, 0.1) is 25.3 Å². The lowest BCUT2D eigenvalue weighted by Crippen LogP contribution is -2.22. The molecule has 6 heteroatoms. The van der Waals surface area contributed by atoms with Gasteiger partial charge in [-0.1, -0.05) is 12.1 Å². The number of carbonyl (C=O) groups is 1. The number of guanidine groups is 1. The van der Waals surface area contributed by atoms with E-state index in [1.165, 1.54) is 7.11 Å². The Morgan fingerprint density at radius 2 is 1.92 bits per heavy atom. The molecule has 0 spiro atoms. The summed E-state index contributed by atoms with van der Waals surface area (Å²) in [6, 6.07) is 14.6. The second-order valence-corrected chi connectivity index (χ2v) is 5.71. The summed E-state index contributed by atoms with van der Waals surface area (Å²) in [5.41, 5.74) is 8.09. The Morgan fingerprint density at radius 3 is 2.56 bits per heavy atom. The third-order valence-corrected chi connectivity index (χ3v) is 3.28. The van der Waals surface area contributed by atoms with Crippen LogP contribution in [0.15, 0.2) is 53.5 Å². The van der Waals surface area contributed by atoms with Gasteiger partial charge in [0.2, 0.25) is 0 Å². The molecule has 0 unspecified atom stereocenters. The smallest absolute Gasteiger partial charge is 0.337 e. The molecule has 25 heavy (non-hydrogen) atoms. The van der Waals surface area contributed by atoms with Gasteiger partial charge in [0.25, 0.3) is 0 Å². The second-order valence-electron chi connectivity index (χ2n) is 5.71. The van der Waals surface area contributed by atoms with Crippen LogP contribution in [0.1, 0.15) is 29.8 Å². The summed E-state index contributed by atoms with van der Waals surface area (Å²) >= 11 is 0. The van der Waals surface area contributed by atoms with E-state index < -0.39 is 0 Å². The number of nitrogens with two attached hydrogens (primary N) is 1. The van der Waals surface area contributed by atoms with Crippen LogP contribution in [0.25, 0.3) is 0 Å². The number of hydrogen-bond acceptors (Lipinski definition) is 4. The fourth-order valence-electron chi connectivity index (χ4n) is 2.17. The lowest BCUT2D eigenvalue weighted by atomic mass is 10.1. The zero-order valence-electron chi connectivity index (χ0n) is 14.7. The highest BCUT2D eigenvalue weighted by Crippen LogP contribution is 2.16. The zero-order valence-corrected chi connectivity index (χ0v) is 14.7. The molecule has 0 amide bonds. The summed E-state index contributed by atoms with van der Waals surface area (Å²) in [6.45, 7) is 4.32. The van der Waals surface area contributed by atoms with Gasteiger partial charge in [0.15, 0.2) is 5.96 Å². The molecular weight excluding hydrogens is 318 g/mol. The number of rotatable bonds is 6. The molecule has 0 atom stereocenters. The number of benzene rings is 2. The topological polar surface area (TPSA) is 85.9 Å². The number of nitrogens with zero attached hydrogens (tertiary/aromatic N) is 1. The van der Waals surface area contributed by atoms with E-state index in [0.717, 1.165) is 17.0 Å². The van der Waals surface area contributed by atoms with Gasteiger partial charge in [0, 0.05) is 5.69 Å². The van der Waals surface area contributed by atoms with Crippen molar-refractivity contribution in [3.05, 3.63) is 59.7 Å². The molecule has 0 heterocycles. The number of carbonyl (C=O) groups excluding carboxylic acids is 1. The van der Waals surface area contributed by atoms with E-state index in [4.69, 9.17) is 15.2 Å². The lowest BCUT2D eigenvalue weighted by molar-refractivity contribution is 0.0600. The second kappa shape index (κ2) is 8.73. The first-order valence-corrected chi connectivity index (χ1v) is 7.99. The quantitative estimate of drug-likeness (QED) is 0.479. The number of nitrogens with one attached hydrogen (secondary N) is 1. The number of methoxy groups -OCH3 is 1. The van der Waals surface area contributed by atoms with E-state index in [1.807, 2.05) is 44.2 Å². The van der Waals surface area contributed by atoms with E-state index in [1.54, 1.807) is 18.2 Å². The Bertz CT molecular complexity index is 740. The third-order valence-electron chi connectivity index (χ3n) is 3.28. The van der Waals surface area contributed by atoms with Crippen LogP contribution in [0.3, 0.4) is 0 Å². The maximum absolute atomic E-state index is 11.5. The van der Waals surface area contributed by atoms with Crippen LogP contribution in [-0.4, -0.2) is 25.1 Å². The van der Waals surface area contributed by atoms with Gasteiger partial charge in [0.1, 0.15) is 5.75 Å². The number of anilines is 1. The summed E-state index contributed by atoms with van der Waals surface area (Å²) in [5, 5.41) is 3.02. The summed E-state index contributed by atoms with van der Waals surface area (Å²) in [4.78, 5) is 15.8. The van der Waals surface area contributed by atoms with Crippen LogP contribution in [0.5, 0.6) is 5.75 Å². The van der Waals surface area contributed by atoms with Crippen molar-refractivity contribution in [2.75, 3.05) is 12.4 Å². The maximum atomic E-state index is 11.5. The molecule has 3 N–H and O–H groups in total. The Labute approximate surface area is 147 Å². The lowest BCUT2D eigenvalue weighted by Gasteiger charge is -2.11. The van der Waals surface area contributed by atoms with E-state index in [0.29, 0.717) is 18.1 Å². The van der Waals surface area contributed by atoms with Crippen molar-refractivity contribution in [1.82, 2.24) is 0 Å². The Balaban J connectivity index is 1.96. The van der Waals surface area contributed by atoms with Crippen molar-refractivity contribution < 1.29 is 14.3 Å². The minimum atomic E-state index is -0.374. The molecule has 0 aliphatic rings. The van der Waals surface area contributed by atoms with Gasteiger partial charge in [-0.3, -0.25) is 0 Å². The molecular formula is C19H23N3O3. The minimum absolute atomic E-state index is 0.131. The fourth-order valence-corrected chi connectivity index (χ4v) is 2.17. The Hall–Kier alpha value is -3.02. The fraction of sp³-hybridized carbons (Fsp3) is 0.263. The molecule has 0 aliphatic carbocycles. The maximum Gasteiger partial charge on any atom is 0.337 e. The average molecular weight is 341 g/mol. The van der Waals surface area contributed by atoms with E-state index in [9.17, 15) is 4.79 Å². The normalized spacial score (nSPS) is 11.3. The highest BCUT2D eigenvalue weighted by molar-refractivity contribution is 5.92. The summed E-state index contributed by atoms with van der Waals surface area (Å²) < 4.78 is 10.3. The molecule has 0 radical (unpaired) electrons. The molecule has 0 saturated heterocycles. The molecule has 0 bridgehead atoms. The predicted molar refractivity (Wildman–Crippen MR) is 98.9 cm³/mol. The van der Waals surface area contributed by atoms with Gasteiger partial charge in [-0.25, -0.2) is 9.79 Å². The van der Waals surface area contributed by atoms with Crippen LogP contribution >= 0.6 is 0 Å². The van der Waals surface area contributed by atoms with Gasteiger partial charge < -0.3 is 20.5 Å². The van der Waals surface area contributed by atoms with Gasteiger partial charge >= 0.3 is 5.97 Å². The molecule has 132 valence electrons. The van der Waals surface area contributed by atoms with E-state index in [2.05, 4.69) is 10.3 Å². The number of hydrogen-bond donors (Lipinski definition) is 2. The van der Waals surface area contributed by atoms with Crippen LogP contribution < -0.4 is 15.8 Å². The number of ether oxygens (including phenoxy) is 2. The predicted octanol–water partition coefficient (Wildman–Crippen LogP) is 3.19. The van der Waals surface area contributed by atoms with Crippen LogP contribution in [-0.2, 0) is 11.3 Å². The molecule has 0 aliphatic heterocycles. The first kappa shape index (κ1) is 18.3. The van der Waals surface area contributed by atoms with Crippen molar-refractivity contribution in [3.63, 3.8) is 0 Å². The largest absolute Gasteiger partial charge is 0.491 e. The minimum Gasteiger partial charge on any atom is -0.491 e. The van der Waals surface area contributed by atoms with Crippen molar-refractivity contribution >= 4 is 17.6 Å². The Kier molecular flexibility index (Phi) is 6.39. The summed E-state index contributed by atoms with van der Waals surface area (Å²) in [6.07, 6.45) is 0.131. The number of esters is 1. The highest BCUT2D eigenvalue weighted by atomic mass is 16.5. The molecule has 0 fully saturated rings. The van der Waals surface area contributed by atoms with Gasteiger partial charge in [-0.2, -0.15) is 0 Å².